The van der Waals surface area contributed by atoms with Crippen molar-refractivity contribution in [3.8, 4) is 17.2 Å². The van der Waals surface area contributed by atoms with E-state index in [1.807, 2.05) is 19.1 Å². The summed E-state index contributed by atoms with van der Waals surface area (Å²) in [6.45, 7) is 2.33. The predicted octanol–water partition coefficient (Wildman–Crippen LogP) is 2.77. The van der Waals surface area contributed by atoms with Crippen molar-refractivity contribution in [3.63, 3.8) is 0 Å². The van der Waals surface area contributed by atoms with Crippen molar-refractivity contribution in [3.05, 3.63) is 53.3 Å². The minimum atomic E-state index is -0.783. The fourth-order valence-corrected chi connectivity index (χ4v) is 2.73. The molecule has 1 aliphatic rings. The quantitative estimate of drug-likeness (QED) is 0.678. The van der Waals surface area contributed by atoms with Crippen LogP contribution < -0.4 is 14.2 Å². The van der Waals surface area contributed by atoms with Crippen molar-refractivity contribution in [2.75, 3.05) is 27.1 Å². The number of carbonyl (C=O) groups is 2. The first-order valence-electron chi connectivity index (χ1n) is 8.68. The van der Waals surface area contributed by atoms with Crippen LogP contribution >= 0.6 is 0 Å². The van der Waals surface area contributed by atoms with Crippen molar-refractivity contribution < 1.29 is 32.9 Å². The number of likely N-dealkylation sites (N-methyl/N-ethyl adjacent to an activating group) is 1. The molecule has 0 N–H and O–H groups in total. The molecule has 0 spiro atoms. The highest BCUT2D eigenvalue weighted by Gasteiger charge is 2.19. The van der Waals surface area contributed by atoms with Crippen LogP contribution in [-0.2, 0) is 16.1 Å². The van der Waals surface area contributed by atoms with Gasteiger partial charge in [-0.15, -0.1) is 0 Å². The van der Waals surface area contributed by atoms with Crippen molar-refractivity contribution in [1.82, 2.24) is 4.90 Å². The molecule has 0 bridgehead atoms. The molecule has 8 heteroatoms. The molecule has 0 atom stereocenters. The lowest BCUT2D eigenvalue weighted by molar-refractivity contribution is -0.134. The third-order valence-corrected chi connectivity index (χ3v) is 4.26. The van der Waals surface area contributed by atoms with Crippen LogP contribution in [0.1, 0.15) is 22.8 Å². The molecule has 0 radical (unpaired) electrons. The molecule has 1 amide bonds. The number of hydrogen-bond donors (Lipinski definition) is 0. The summed E-state index contributed by atoms with van der Waals surface area (Å²) in [5.41, 5.74) is 0.868. The zero-order chi connectivity index (χ0) is 20.1. The number of esters is 1. The number of fused-ring (bicyclic) bond motifs is 1. The summed E-state index contributed by atoms with van der Waals surface area (Å²) in [6.07, 6.45) is 0. The first-order valence-corrected chi connectivity index (χ1v) is 8.68. The molecule has 7 nitrogen and oxygen atoms in total. The molecule has 2 aromatic rings. The van der Waals surface area contributed by atoms with E-state index in [0.717, 1.165) is 11.6 Å². The molecule has 0 saturated carbocycles. The molecule has 0 fully saturated rings. The van der Waals surface area contributed by atoms with Gasteiger partial charge in [0.15, 0.2) is 29.7 Å². The van der Waals surface area contributed by atoms with E-state index in [-0.39, 0.29) is 24.0 Å². The van der Waals surface area contributed by atoms with Gasteiger partial charge in [0.05, 0.1) is 12.7 Å². The lowest BCUT2D eigenvalue weighted by Crippen LogP contribution is -2.34. The topological polar surface area (TPSA) is 74.3 Å². The summed E-state index contributed by atoms with van der Waals surface area (Å²) in [5.74, 6) is -0.501. The zero-order valence-electron chi connectivity index (χ0n) is 15.6. The normalized spacial score (nSPS) is 11.8. The third kappa shape index (κ3) is 4.33. The Morgan fingerprint density at radius 3 is 2.64 bits per heavy atom. The van der Waals surface area contributed by atoms with Crippen LogP contribution in [0.2, 0.25) is 0 Å². The van der Waals surface area contributed by atoms with E-state index in [1.54, 1.807) is 11.0 Å². The van der Waals surface area contributed by atoms with Crippen LogP contribution in [0.15, 0.2) is 36.4 Å². The number of hydrogen-bond acceptors (Lipinski definition) is 6. The van der Waals surface area contributed by atoms with Gasteiger partial charge in [-0.2, -0.15) is 0 Å². The van der Waals surface area contributed by atoms with Gasteiger partial charge in [0.1, 0.15) is 0 Å². The molecule has 0 aromatic heterocycles. The Morgan fingerprint density at radius 1 is 1.14 bits per heavy atom. The fourth-order valence-electron chi connectivity index (χ4n) is 2.73. The van der Waals surface area contributed by atoms with E-state index in [0.29, 0.717) is 24.6 Å². The number of amides is 1. The fraction of sp³-hybridized carbons (Fsp3) is 0.300. The molecule has 1 heterocycles. The van der Waals surface area contributed by atoms with Gasteiger partial charge < -0.3 is 23.8 Å². The molecule has 3 rings (SSSR count). The Morgan fingerprint density at radius 2 is 1.93 bits per heavy atom. The average molecular weight is 389 g/mol. The van der Waals surface area contributed by atoms with E-state index in [9.17, 15) is 14.0 Å². The minimum absolute atomic E-state index is 0.00456. The molecule has 148 valence electrons. The van der Waals surface area contributed by atoms with Crippen LogP contribution in [0.25, 0.3) is 0 Å². The molecule has 2 aromatic carbocycles. The number of ether oxygens (including phenoxy) is 4. The maximum Gasteiger partial charge on any atom is 0.338 e. The van der Waals surface area contributed by atoms with Crippen LogP contribution in [0.3, 0.4) is 0 Å². The first kappa shape index (κ1) is 19.5. The average Bonchev–Trinajstić information content (AvgIpc) is 3.17. The second kappa shape index (κ2) is 8.60. The van der Waals surface area contributed by atoms with E-state index >= 15 is 0 Å². The maximum absolute atomic E-state index is 13.7. The molecule has 1 aliphatic heterocycles. The number of methoxy groups -OCH3 is 1. The van der Waals surface area contributed by atoms with Gasteiger partial charge in [-0.1, -0.05) is 6.07 Å². The highest BCUT2D eigenvalue weighted by molar-refractivity contribution is 5.91. The smallest absolute Gasteiger partial charge is 0.338 e. The van der Waals surface area contributed by atoms with Gasteiger partial charge in [0.25, 0.3) is 5.91 Å². The van der Waals surface area contributed by atoms with Crippen LogP contribution in [0.5, 0.6) is 17.2 Å². The van der Waals surface area contributed by atoms with Crippen molar-refractivity contribution in [1.29, 1.82) is 0 Å². The SMILES string of the molecule is CCN(Cc1ccc2c(c1)OCO2)C(=O)COC(=O)c1ccc(OC)c(F)c1. The number of rotatable bonds is 7. The molecular formula is C20H20FNO6. The van der Waals surface area contributed by atoms with Gasteiger partial charge in [-0.05, 0) is 42.8 Å². The lowest BCUT2D eigenvalue weighted by Gasteiger charge is -2.21. The van der Waals surface area contributed by atoms with Gasteiger partial charge in [-0.25, -0.2) is 9.18 Å². The molecule has 28 heavy (non-hydrogen) atoms. The summed E-state index contributed by atoms with van der Waals surface area (Å²) >= 11 is 0. The molecule has 0 aliphatic carbocycles. The molecular weight excluding hydrogens is 369 g/mol. The molecule has 0 unspecified atom stereocenters. The number of nitrogens with zero attached hydrogens (tertiary/aromatic N) is 1. The second-order valence-electron chi connectivity index (χ2n) is 6.02. The number of benzene rings is 2. The largest absolute Gasteiger partial charge is 0.494 e. The van der Waals surface area contributed by atoms with Crippen LogP contribution in [-0.4, -0.2) is 43.8 Å². The lowest BCUT2D eigenvalue weighted by atomic mass is 10.2. The number of halogens is 1. The maximum atomic E-state index is 13.7. The Kier molecular flexibility index (Phi) is 5.98. The Balaban J connectivity index is 1.58. The van der Waals surface area contributed by atoms with Crippen molar-refractivity contribution in [2.45, 2.75) is 13.5 Å². The minimum Gasteiger partial charge on any atom is -0.494 e. The summed E-state index contributed by atoms with van der Waals surface area (Å²) in [5, 5.41) is 0. The first-order chi connectivity index (χ1) is 13.5. The number of carbonyl (C=O) groups excluding carboxylic acids is 2. The van der Waals surface area contributed by atoms with Crippen molar-refractivity contribution in [2.24, 2.45) is 0 Å². The highest BCUT2D eigenvalue weighted by atomic mass is 19.1. The van der Waals surface area contributed by atoms with Gasteiger partial charge >= 0.3 is 5.97 Å². The Hall–Kier alpha value is -3.29. The highest BCUT2D eigenvalue weighted by Crippen LogP contribution is 2.32. The van der Waals surface area contributed by atoms with Gasteiger partial charge in [0, 0.05) is 13.1 Å². The van der Waals surface area contributed by atoms with E-state index in [4.69, 9.17) is 18.9 Å². The predicted molar refractivity (Wildman–Crippen MR) is 96.9 cm³/mol. The van der Waals surface area contributed by atoms with Crippen molar-refractivity contribution >= 4 is 11.9 Å². The summed E-state index contributed by atoms with van der Waals surface area (Å²) in [6, 6.07) is 9.15. The Bertz CT molecular complexity index is 885. The monoisotopic (exact) mass is 389 g/mol. The summed E-state index contributed by atoms with van der Waals surface area (Å²) in [4.78, 5) is 26.0. The van der Waals surface area contributed by atoms with E-state index in [2.05, 4.69) is 0 Å². The second-order valence-corrected chi connectivity index (χ2v) is 6.02. The van der Waals surface area contributed by atoms with E-state index in [1.165, 1.54) is 19.2 Å². The zero-order valence-corrected chi connectivity index (χ0v) is 15.6. The van der Waals surface area contributed by atoms with Gasteiger partial charge in [-0.3, -0.25) is 4.79 Å². The third-order valence-electron chi connectivity index (χ3n) is 4.26. The summed E-state index contributed by atoms with van der Waals surface area (Å²) < 4.78 is 34.1. The van der Waals surface area contributed by atoms with E-state index < -0.39 is 18.4 Å². The van der Waals surface area contributed by atoms with Gasteiger partial charge in [0.2, 0.25) is 6.79 Å². The van der Waals surface area contributed by atoms with Crippen LogP contribution in [0, 0.1) is 5.82 Å². The summed E-state index contributed by atoms with van der Waals surface area (Å²) in [7, 11) is 1.33. The standard InChI is InChI=1S/C20H20FNO6/c1-3-22(10-13-4-6-17-18(8-13)28-12-27-17)19(23)11-26-20(24)14-5-7-16(25-2)15(21)9-14/h4-9H,3,10-12H2,1-2H3. The van der Waals surface area contributed by atoms with Crippen LogP contribution in [0.4, 0.5) is 4.39 Å². The molecule has 0 saturated heterocycles. The Labute approximate surface area is 161 Å².